The van der Waals surface area contributed by atoms with Crippen molar-refractivity contribution in [2.24, 2.45) is 0 Å². The maximum atomic E-state index is 12.8. The van der Waals surface area contributed by atoms with Crippen LogP contribution in [0.2, 0.25) is 0 Å². The molecule has 1 aliphatic rings. The number of hydrogen-bond donors (Lipinski definition) is 0. The van der Waals surface area contributed by atoms with Crippen LogP contribution >= 0.6 is 11.5 Å². The Bertz CT molecular complexity index is 695. The number of amides is 1. The van der Waals surface area contributed by atoms with Gasteiger partial charge in [0.05, 0.1) is 12.2 Å². The molecule has 2 aromatic rings. The molecule has 0 atom stereocenters. The topological polar surface area (TPSA) is 58.6 Å². The molecule has 0 N–H and O–H groups in total. The second-order valence-corrected chi connectivity index (χ2v) is 6.29. The van der Waals surface area contributed by atoms with E-state index < -0.39 is 0 Å². The van der Waals surface area contributed by atoms with Gasteiger partial charge in [0, 0.05) is 44.1 Å². The maximum Gasteiger partial charge on any atom is 0.257 e. The molecule has 0 unspecified atom stereocenters. The summed E-state index contributed by atoms with van der Waals surface area (Å²) < 4.78 is 9.92. The third-order valence-corrected chi connectivity index (χ3v) is 4.84. The van der Waals surface area contributed by atoms with E-state index in [1.54, 1.807) is 0 Å². The molecule has 128 valence electrons. The van der Waals surface area contributed by atoms with E-state index in [9.17, 15) is 4.79 Å². The van der Waals surface area contributed by atoms with Gasteiger partial charge in [0.15, 0.2) is 0 Å². The molecule has 1 amide bonds. The number of nitrogens with zero attached hydrogens (tertiary/aromatic N) is 4. The van der Waals surface area contributed by atoms with Gasteiger partial charge in [-0.05, 0) is 19.1 Å². The Labute approximate surface area is 146 Å². The van der Waals surface area contributed by atoms with Gasteiger partial charge in [-0.3, -0.25) is 4.79 Å². The van der Waals surface area contributed by atoms with Crippen molar-refractivity contribution in [1.82, 2.24) is 14.3 Å². The molecule has 2 heterocycles. The largest absolute Gasteiger partial charge is 0.493 e. The minimum Gasteiger partial charge on any atom is -0.493 e. The monoisotopic (exact) mass is 346 g/mol. The summed E-state index contributed by atoms with van der Waals surface area (Å²) >= 11 is 1.44. The summed E-state index contributed by atoms with van der Waals surface area (Å²) in [6.45, 7) is 7.45. The smallest absolute Gasteiger partial charge is 0.257 e. The first-order valence-electron chi connectivity index (χ1n) is 8.31. The first-order chi connectivity index (χ1) is 11.7. The van der Waals surface area contributed by atoms with Crippen molar-refractivity contribution >= 4 is 22.6 Å². The first kappa shape index (κ1) is 16.7. The van der Waals surface area contributed by atoms with Crippen molar-refractivity contribution < 1.29 is 9.53 Å². The van der Waals surface area contributed by atoms with Crippen molar-refractivity contribution in [2.75, 3.05) is 37.7 Å². The average Bonchev–Trinajstić information content (AvgIpc) is 3.11. The van der Waals surface area contributed by atoms with Crippen molar-refractivity contribution in [3.63, 3.8) is 0 Å². The van der Waals surface area contributed by atoms with Gasteiger partial charge in [0.25, 0.3) is 5.91 Å². The zero-order valence-corrected chi connectivity index (χ0v) is 14.9. The highest BCUT2D eigenvalue weighted by atomic mass is 32.1. The predicted molar refractivity (Wildman–Crippen MR) is 95.0 cm³/mol. The summed E-state index contributed by atoms with van der Waals surface area (Å²) in [5.74, 6) is 1.58. The van der Waals surface area contributed by atoms with Gasteiger partial charge in [0.2, 0.25) is 5.13 Å². The highest BCUT2D eigenvalue weighted by molar-refractivity contribution is 7.09. The Hall–Kier alpha value is -2.15. The van der Waals surface area contributed by atoms with Crippen molar-refractivity contribution in [1.29, 1.82) is 0 Å². The molecule has 1 aromatic heterocycles. The molecule has 6 nitrogen and oxygen atoms in total. The lowest BCUT2D eigenvalue weighted by molar-refractivity contribution is 0.0742. The van der Waals surface area contributed by atoms with Crippen LogP contribution in [0.15, 0.2) is 24.3 Å². The molecule has 0 radical (unpaired) electrons. The molecule has 24 heavy (non-hydrogen) atoms. The highest BCUT2D eigenvalue weighted by Crippen LogP contribution is 2.23. The minimum atomic E-state index is 0.0326. The van der Waals surface area contributed by atoms with E-state index >= 15 is 0 Å². The number of aryl methyl sites for hydroxylation is 1. The summed E-state index contributed by atoms with van der Waals surface area (Å²) in [6.07, 6.45) is 0.850. The average molecular weight is 346 g/mol. The van der Waals surface area contributed by atoms with Crippen LogP contribution in [-0.2, 0) is 6.42 Å². The van der Waals surface area contributed by atoms with E-state index in [0.29, 0.717) is 31.0 Å². The number of piperazine rings is 1. The van der Waals surface area contributed by atoms with Crippen LogP contribution in [0.1, 0.15) is 30.0 Å². The first-order valence-corrected chi connectivity index (χ1v) is 9.09. The Morgan fingerprint density at radius 1 is 1.21 bits per heavy atom. The number of para-hydroxylation sites is 1. The maximum absolute atomic E-state index is 12.8. The molecule has 1 saturated heterocycles. The summed E-state index contributed by atoms with van der Waals surface area (Å²) in [5, 5.41) is 0.952. The van der Waals surface area contributed by atoms with Gasteiger partial charge in [-0.15, -0.1) is 0 Å². The standard InChI is InChI=1S/C17H22N4O2S/c1-3-15-18-17(24-19-15)21-11-9-20(10-12-21)16(22)13-7-5-6-8-14(13)23-4-2/h5-8H,3-4,9-12H2,1-2H3. The van der Waals surface area contributed by atoms with Crippen LogP contribution in [0, 0.1) is 0 Å². The molecule has 3 rings (SSSR count). The molecular formula is C17H22N4O2S. The van der Waals surface area contributed by atoms with Crippen LogP contribution in [0.4, 0.5) is 5.13 Å². The normalized spacial score (nSPS) is 14.8. The molecule has 1 aromatic carbocycles. The number of carbonyl (C=O) groups excluding carboxylic acids is 1. The fourth-order valence-corrected chi connectivity index (χ4v) is 3.51. The van der Waals surface area contributed by atoms with Gasteiger partial charge in [-0.2, -0.15) is 4.37 Å². The summed E-state index contributed by atoms with van der Waals surface area (Å²) in [7, 11) is 0. The van der Waals surface area contributed by atoms with E-state index in [2.05, 4.69) is 21.2 Å². The third kappa shape index (κ3) is 3.51. The molecular weight excluding hydrogens is 324 g/mol. The summed E-state index contributed by atoms with van der Waals surface area (Å²) in [5.41, 5.74) is 0.636. The quantitative estimate of drug-likeness (QED) is 0.832. The molecule has 1 fully saturated rings. The van der Waals surface area contributed by atoms with E-state index in [1.165, 1.54) is 11.5 Å². The summed E-state index contributed by atoms with van der Waals surface area (Å²) in [4.78, 5) is 21.4. The summed E-state index contributed by atoms with van der Waals surface area (Å²) in [6, 6.07) is 7.44. The van der Waals surface area contributed by atoms with Gasteiger partial charge >= 0.3 is 0 Å². The lowest BCUT2D eigenvalue weighted by Crippen LogP contribution is -2.48. The molecule has 0 aliphatic carbocycles. The second kappa shape index (κ2) is 7.61. The number of anilines is 1. The lowest BCUT2D eigenvalue weighted by Gasteiger charge is -2.34. The Kier molecular flexibility index (Phi) is 5.30. The number of carbonyl (C=O) groups is 1. The number of ether oxygens (including phenoxy) is 1. The number of benzene rings is 1. The van der Waals surface area contributed by atoms with Crippen LogP contribution in [-0.4, -0.2) is 53.0 Å². The third-order valence-electron chi connectivity index (χ3n) is 4.03. The van der Waals surface area contributed by atoms with E-state index in [4.69, 9.17) is 4.74 Å². The van der Waals surface area contributed by atoms with Gasteiger partial charge in [-0.1, -0.05) is 19.1 Å². The Morgan fingerprint density at radius 3 is 2.62 bits per heavy atom. The van der Waals surface area contributed by atoms with Gasteiger partial charge in [-0.25, -0.2) is 4.98 Å². The minimum absolute atomic E-state index is 0.0326. The molecule has 0 saturated carbocycles. The van der Waals surface area contributed by atoms with Gasteiger partial charge in [0.1, 0.15) is 11.6 Å². The molecule has 0 spiro atoms. The Balaban J connectivity index is 1.65. The van der Waals surface area contributed by atoms with Crippen LogP contribution in [0.25, 0.3) is 0 Å². The molecule has 0 bridgehead atoms. The van der Waals surface area contributed by atoms with E-state index in [1.807, 2.05) is 36.1 Å². The Morgan fingerprint density at radius 2 is 1.96 bits per heavy atom. The second-order valence-electron chi connectivity index (χ2n) is 5.56. The van der Waals surface area contributed by atoms with Crippen LogP contribution < -0.4 is 9.64 Å². The zero-order chi connectivity index (χ0) is 16.9. The zero-order valence-electron chi connectivity index (χ0n) is 14.1. The van der Waals surface area contributed by atoms with Crippen molar-refractivity contribution in [3.05, 3.63) is 35.7 Å². The lowest BCUT2D eigenvalue weighted by atomic mass is 10.1. The molecule has 7 heteroatoms. The van der Waals surface area contributed by atoms with Crippen LogP contribution in [0.5, 0.6) is 5.75 Å². The van der Waals surface area contributed by atoms with Gasteiger partial charge < -0.3 is 14.5 Å². The number of hydrogen-bond acceptors (Lipinski definition) is 6. The highest BCUT2D eigenvalue weighted by Gasteiger charge is 2.25. The fourth-order valence-electron chi connectivity index (χ4n) is 2.71. The predicted octanol–water partition coefficient (Wildman–Crippen LogP) is 2.46. The fraction of sp³-hybridized carbons (Fsp3) is 0.471. The number of rotatable bonds is 5. The SMILES string of the molecule is CCOc1ccccc1C(=O)N1CCN(c2nc(CC)ns2)CC1. The van der Waals surface area contributed by atoms with E-state index in [-0.39, 0.29) is 5.91 Å². The van der Waals surface area contributed by atoms with Crippen molar-refractivity contribution in [3.8, 4) is 5.75 Å². The van der Waals surface area contributed by atoms with Crippen molar-refractivity contribution in [2.45, 2.75) is 20.3 Å². The molecule has 1 aliphatic heterocycles. The van der Waals surface area contributed by atoms with Crippen LogP contribution in [0.3, 0.4) is 0 Å². The number of aromatic nitrogens is 2. The van der Waals surface area contributed by atoms with E-state index in [0.717, 1.165) is 30.5 Å².